The van der Waals surface area contributed by atoms with Crippen molar-refractivity contribution < 1.29 is 18.6 Å². The zero-order valence-corrected chi connectivity index (χ0v) is 23.6. The van der Waals surface area contributed by atoms with Gasteiger partial charge in [-0.25, -0.2) is 8.78 Å². The predicted octanol–water partition coefficient (Wildman–Crippen LogP) is 5.89. The minimum atomic E-state index is -0.935. The molecule has 214 valence electrons. The van der Waals surface area contributed by atoms with Gasteiger partial charge in [0.1, 0.15) is 17.9 Å². The Morgan fingerprint density at radius 2 is 1.90 bits per heavy atom. The molecule has 4 aromatic rings. The summed E-state index contributed by atoms with van der Waals surface area (Å²) in [5.74, 6) is -1.70. The quantitative estimate of drug-likeness (QED) is 0.305. The molecular formula is C31H32ClF2N5O2. The molecule has 3 aromatic carbocycles. The fourth-order valence-corrected chi connectivity index (χ4v) is 7.05. The van der Waals surface area contributed by atoms with Crippen LogP contribution in [0.2, 0.25) is 5.02 Å². The van der Waals surface area contributed by atoms with Crippen LogP contribution in [0.3, 0.4) is 0 Å². The fourth-order valence-electron chi connectivity index (χ4n) is 6.76. The van der Waals surface area contributed by atoms with E-state index in [0.717, 1.165) is 51.7 Å². The molecule has 3 atom stereocenters. The highest BCUT2D eigenvalue weighted by molar-refractivity contribution is 6.35. The molecule has 0 amide bonds. The largest absolute Gasteiger partial charge is 0.505 e. The number of aromatic nitrogens is 2. The van der Waals surface area contributed by atoms with Crippen molar-refractivity contribution in [1.82, 2.24) is 20.2 Å². The average molecular weight is 580 g/mol. The molecule has 41 heavy (non-hydrogen) atoms. The third kappa shape index (κ3) is 4.64. The van der Waals surface area contributed by atoms with E-state index >= 15 is 8.78 Å². The van der Waals surface area contributed by atoms with Crippen molar-refractivity contribution in [2.45, 2.75) is 50.2 Å². The number of phenolic OH excluding ortho intramolecular Hbond substituents is 1. The van der Waals surface area contributed by atoms with E-state index in [0.29, 0.717) is 34.6 Å². The minimum absolute atomic E-state index is 0.0177. The van der Waals surface area contributed by atoms with E-state index in [4.69, 9.17) is 21.3 Å². The molecule has 0 saturated carbocycles. The molecule has 0 aliphatic carbocycles. The first kappa shape index (κ1) is 26.6. The van der Waals surface area contributed by atoms with Gasteiger partial charge in [-0.1, -0.05) is 35.9 Å². The third-order valence-corrected chi connectivity index (χ3v) is 9.30. The highest BCUT2D eigenvalue weighted by atomic mass is 35.5. The Balaban J connectivity index is 1.42. The van der Waals surface area contributed by atoms with Crippen molar-refractivity contribution >= 4 is 39.1 Å². The lowest BCUT2D eigenvalue weighted by Crippen LogP contribution is -2.54. The molecule has 0 spiro atoms. The van der Waals surface area contributed by atoms with Crippen molar-refractivity contribution in [3.05, 3.63) is 53.1 Å². The number of benzene rings is 3. The van der Waals surface area contributed by atoms with Crippen LogP contribution in [0.4, 0.5) is 14.6 Å². The summed E-state index contributed by atoms with van der Waals surface area (Å²) >= 11 is 6.78. The molecule has 0 radical (unpaired) electrons. The number of likely N-dealkylation sites (N-methyl/N-ethyl adjacent to an activating group) is 1. The highest BCUT2D eigenvalue weighted by Gasteiger charge is 2.34. The van der Waals surface area contributed by atoms with Gasteiger partial charge >= 0.3 is 6.01 Å². The molecule has 7 nitrogen and oxygen atoms in total. The zero-order chi connectivity index (χ0) is 28.2. The Labute approximate surface area is 242 Å². The predicted molar refractivity (Wildman–Crippen MR) is 157 cm³/mol. The second kappa shape index (κ2) is 10.5. The molecule has 1 aromatic heterocycles. The highest BCUT2D eigenvalue weighted by Crippen LogP contribution is 2.44. The molecule has 4 saturated heterocycles. The molecule has 4 aliphatic heterocycles. The Morgan fingerprint density at radius 1 is 1.05 bits per heavy atom. The lowest BCUT2D eigenvalue weighted by molar-refractivity contribution is 0.188. The van der Waals surface area contributed by atoms with Crippen molar-refractivity contribution in [2.24, 2.45) is 0 Å². The maximum Gasteiger partial charge on any atom is 0.319 e. The van der Waals surface area contributed by atoms with Gasteiger partial charge in [0.05, 0.1) is 5.02 Å². The first-order valence-corrected chi connectivity index (χ1v) is 14.7. The summed E-state index contributed by atoms with van der Waals surface area (Å²) in [5, 5.41) is 15.5. The number of aromatic hydroxyl groups is 1. The van der Waals surface area contributed by atoms with Crippen molar-refractivity contribution in [2.75, 3.05) is 38.2 Å². The molecule has 5 heterocycles. The summed E-state index contributed by atoms with van der Waals surface area (Å²) < 4.78 is 38.4. The van der Waals surface area contributed by atoms with Crippen LogP contribution in [0.1, 0.15) is 32.1 Å². The molecule has 2 bridgehead atoms. The van der Waals surface area contributed by atoms with E-state index in [1.807, 2.05) is 0 Å². The van der Waals surface area contributed by atoms with Crippen LogP contribution in [0.25, 0.3) is 32.8 Å². The van der Waals surface area contributed by atoms with E-state index in [-0.39, 0.29) is 39.8 Å². The smallest absolute Gasteiger partial charge is 0.319 e. The van der Waals surface area contributed by atoms with Gasteiger partial charge in [0.15, 0.2) is 17.4 Å². The number of fused-ring (bicyclic) bond motifs is 6. The summed E-state index contributed by atoms with van der Waals surface area (Å²) in [6.45, 7) is 2.94. The summed E-state index contributed by atoms with van der Waals surface area (Å²) in [6.07, 6.45) is 5.26. The standard InChI is InChI=1S/C31H32ClF2N5O2/c1-38-11-5-9-20(38)16-41-31-36-29-22(30(37-31)39-15-18-7-4-8-19(39)14-35-18)13-23(32)26(28(29)34)25-21-10-3-2-6-17(21)12-24(40)27(25)33/h2-3,6,10,12-13,18-20,35,40H,4-5,7-9,11,14-16H2,1H3/t18?,19?,20-/m0/s1. The first-order valence-electron chi connectivity index (χ1n) is 14.3. The van der Waals surface area contributed by atoms with Gasteiger partial charge in [-0.2, -0.15) is 9.97 Å². The van der Waals surface area contributed by atoms with E-state index in [2.05, 4.69) is 27.1 Å². The lowest BCUT2D eigenvalue weighted by Gasteiger charge is -2.38. The van der Waals surface area contributed by atoms with Crippen LogP contribution >= 0.6 is 11.6 Å². The molecule has 2 unspecified atom stereocenters. The summed E-state index contributed by atoms with van der Waals surface area (Å²) in [6, 6.07) is 10.7. The number of nitrogens with zero attached hydrogens (tertiary/aromatic N) is 4. The monoisotopic (exact) mass is 579 g/mol. The topological polar surface area (TPSA) is 73.8 Å². The van der Waals surface area contributed by atoms with Crippen LogP contribution in [0, 0.1) is 11.6 Å². The Bertz CT molecular complexity index is 1650. The van der Waals surface area contributed by atoms with Gasteiger partial charge in [-0.3, -0.25) is 0 Å². The first-order chi connectivity index (χ1) is 19.9. The molecule has 4 fully saturated rings. The number of halogens is 3. The number of likely N-dealkylation sites (tertiary alicyclic amines) is 1. The fraction of sp³-hybridized carbons (Fsp3) is 0.419. The van der Waals surface area contributed by atoms with Gasteiger partial charge < -0.3 is 25.0 Å². The number of piperazine rings is 1. The second-order valence-corrected chi connectivity index (χ2v) is 11.9. The average Bonchev–Trinajstić information content (AvgIpc) is 3.13. The number of hydrogen-bond acceptors (Lipinski definition) is 7. The second-order valence-electron chi connectivity index (χ2n) is 11.5. The Hall–Kier alpha value is -3.27. The van der Waals surface area contributed by atoms with Crippen LogP contribution in [0.5, 0.6) is 11.8 Å². The van der Waals surface area contributed by atoms with E-state index < -0.39 is 17.4 Å². The van der Waals surface area contributed by atoms with Crippen LogP contribution in [0.15, 0.2) is 36.4 Å². The number of nitrogens with one attached hydrogen (secondary N) is 1. The molecule has 4 aliphatic rings. The summed E-state index contributed by atoms with van der Waals surface area (Å²) in [5.41, 5.74) is -0.226. The van der Waals surface area contributed by atoms with Crippen LogP contribution in [-0.4, -0.2) is 71.4 Å². The minimum Gasteiger partial charge on any atom is -0.505 e. The Kier molecular flexibility index (Phi) is 6.84. The number of anilines is 1. The maximum absolute atomic E-state index is 16.7. The Morgan fingerprint density at radius 3 is 2.73 bits per heavy atom. The van der Waals surface area contributed by atoms with E-state index in [9.17, 15) is 5.11 Å². The van der Waals surface area contributed by atoms with Gasteiger partial charge in [0.25, 0.3) is 0 Å². The van der Waals surface area contributed by atoms with E-state index in [1.54, 1.807) is 30.3 Å². The normalized spacial score (nSPS) is 23.0. The van der Waals surface area contributed by atoms with Crippen LogP contribution in [-0.2, 0) is 0 Å². The number of ether oxygens (including phenoxy) is 1. The van der Waals surface area contributed by atoms with Gasteiger partial charge in [0, 0.05) is 47.7 Å². The molecule has 8 rings (SSSR count). The van der Waals surface area contributed by atoms with Crippen molar-refractivity contribution in [1.29, 1.82) is 0 Å². The number of hydrogen-bond donors (Lipinski definition) is 2. The summed E-state index contributed by atoms with van der Waals surface area (Å²) in [4.78, 5) is 13.9. The zero-order valence-electron chi connectivity index (χ0n) is 22.8. The van der Waals surface area contributed by atoms with Crippen molar-refractivity contribution in [3.63, 3.8) is 0 Å². The van der Waals surface area contributed by atoms with E-state index in [1.165, 1.54) is 6.07 Å². The summed E-state index contributed by atoms with van der Waals surface area (Å²) in [7, 11) is 2.07. The van der Waals surface area contributed by atoms with Crippen LogP contribution < -0.4 is 15.0 Å². The molecule has 2 N–H and O–H groups in total. The molecule has 10 heteroatoms. The number of rotatable bonds is 5. The van der Waals surface area contributed by atoms with Gasteiger partial charge in [-0.15, -0.1) is 0 Å². The maximum atomic E-state index is 16.7. The van der Waals surface area contributed by atoms with Gasteiger partial charge in [-0.05, 0) is 68.6 Å². The third-order valence-electron chi connectivity index (χ3n) is 9.00. The molecular weight excluding hydrogens is 548 g/mol. The van der Waals surface area contributed by atoms with Crippen molar-refractivity contribution in [3.8, 4) is 22.9 Å². The lowest BCUT2D eigenvalue weighted by atomic mass is 9.95. The van der Waals surface area contributed by atoms with Gasteiger partial charge in [0.2, 0.25) is 0 Å². The number of phenols is 1. The SMILES string of the molecule is CN1CCC[C@H]1COc1nc(N2CC3CCCC2CN3)c2cc(Cl)c(-c3c(F)c(O)cc4ccccc34)c(F)c2n1.